The van der Waals surface area contributed by atoms with Gasteiger partial charge < -0.3 is 14.6 Å². The second-order valence-electron chi connectivity index (χ2n) is 5.62. The van der Waals surface area contributed by atoms with Crippen molar-refractivity contribution in [2.75, 3.05) is 11.9 Å². The van der Waals surface area contributed by atoms with Gasteiger partial charge in [0.1, 0.15) is 5.69 Å². The van der Waals surface area contributed by atoms with Crippen LogP contribution < -0.4 is 5.32 Å². The normalized spacial score (nSPS) is 10.4. The first-order chi connectivity index (χ1) is 12.6. The molecule has 0 aliphatic rings. The van der Waals surface area contributed by atoms with Gasteiger partial charge in [-0.25, -0.2) is 4.79 Å². The second kappa shape index (κ2) is 7.65. The Hall–Kier alpha value is -3.41. The van der Waals surface area contributed by atoms with E-state index in [0.717, 1.165) is 11.4 Å². The number of nitrogens with one attached hydrogen (secondary N) is 1. The third kappa shape index (κ3) is 3.64. The fraction of sp³-hybridized carbons (Fsp3) is 0.150. The number of aryl methyl sites for hydroxylation is 1. The number of amides is 1. The zero-order chi connectivity index (χ0) is 18.5. The number of carbonyl (C=O) groups excluding carboxylic acids is 2. The second-order valence-corrected chi connectivity index (χ2v) is 5.62. The molecule has 2 aromatic heterocycles. The number of hydrogen-bond donors (Lipinski definition) is 1. The first-order valence-electron chi connectivity index (χ1n) is 8.28. The van der Waals surface area contributed by atoms with Crippen LogP contribution in [0.5, 0.6) is 0 Å². The van der Waals surface area contributed by atoms with E-state index in [1.165, 1.54) is 0 Å². The third-order valence-electron chi connectivity index (χ3n) is 3.87. The Bertz CT molecular complexity index is 929. The summed E-state index contributed by atoms with van der Waals surface area (Å²) in [4.78, 5) is 28.6. The summed E-state index contributed by atoms with van der Waals surface area (Å²) in [5.74, 6) is -0.631. The van der Waals surface area contributed by atoms with Gasteiger partial charge in [-0.3, -0.25) is 9.78 Å². The highest BCUT2D eigenvalue weighted by atomic mass is 16.5. The molecule has 0 unspecified atom stereocenters. The number of pyridine rings is 1. The molecule has 26 heavy (non-hydrogen) atoms. The maximum absolute atomic E-state index is 12.7. The van der Waals surface area contributed by atoms with Gasteiger partial charge >= 0.3 is 5.97 Å². The fourth-order valence-corrected chi connectivity index (χ4v) is 2.61. The minimum atomic E-state index is -0.383. The molecule has 0 fully saturated rings. The van der Waals surface area contributed by atoms with Crippen molar-refractivity contribution in [3.8, 4) is 5.69 Å². The maximum atomic E-state index is 12.7. The number of nitrogens with zero attached hydrogens (tertiary/aromatic N) is 2. The Labute approximate surface area is 151 Å². The van der Waals surface area contributed by atoms with Crippen LogP contribution in [-0.4, -0.2) is 28.0 Å². The van der Waals surface area contributed by atoms with Crippen molar-refractivity contribution in [2.24, 2.45) is 0 Å². The SMILES string of the molecule is CCOC(=O)c1ccc(NC(=O)c2cccn2-c2cccnc2C)cc1. The van der Waals surface area contributed by atoms with Gasteiger partial charge in [0.05, 0.1) is 23.6 Å². The number of esters is 1. The lowest BCUT2D eigenvalue weighted by Crippen LogP contribution is -2.16. The van der Waals surface area contributed by atoms with Crippen molar-refractivity contribution >= 4 is 17.6 Å². The molecule has 0 saturated carbocycles. The molecule has 2 heterocycles. The molecule has 0 atom stereocenters. The summed E-state index contributed by atoms with van der Waals surface area (Å²) in [6, 6.07) is 13.9. The monoisotopic (exact) mass is 349 g/mol. The zero-order valence-electron chi connectivity index (χ0n) is 14.6. The van der Waals surface area contributed by atoms with Crippen molar-refractivity contribution in [3.63, 3.8) is 0 Å². The molecular formula is C20H19N3O3. The molecule has 1 amide bonds. The molecule has 6 nitrogen and oxygen atoms in total. The number of anilines is 1. The van der Waals surface area contributed by atoms with E-state index in [4.69, 9.17) is 4.74 Å². The first kappa shape index (κ1) is 17.4. The van der Waals surface area contributed by atoms with Crippen molar-refractivity contribution in [1.29, 1.82) is 0 Å². The van der Waals surface area contributed by atoms with Gasteiger partial charge in [0.25, 0.3) is 5.91 Å². The molecular weight excluding hydrogens is 330 g/mol. The molecule has 6 heteroatoms. The van der Waals surface area contributed by atoms with Crippen LogP contribution in [0.3, 0.4) is 0 Å². The van der Waals surface area contributed by atoms with E-state index in [1.807, 2.05) is 31.3 Å². The minimum absolute atomic E-state index is 0.248. The summed E-state index contributed by atoms with van der Waals surface area (Å²) in [5.41, 5.74) is 3.21. The number of carbonyl (C=O) groups is 2. The molecule has 0 saturated heterocycles. The largest absolute Gasteiger partial charge is 0.462 e. The summed E-state index contributed by atoms with van der Waals surface area (Å²) in [6.45, 7) is 3.97. The van der Waals surface area contributed by atoms with Gasteiger partial charge in [-0.15, -0.1) is 0 Å². The highest BCUT2D eigenvalue weighted by Crippen LogP contribution is 2.17. The lowest BCUT2D eigenvalue weighted by molar-refractivity contribution is 0.0526. The Kier molecular flexibility index (Phi) is 5.12. The van der Waals surface area contributed by atoms with Crippen LogP contribution >= 0.6 is 0 Å². The summed E-state index contributed by atoms with van der Waals surface area (Å²) in [7, 11) is 0. The molecule has 0 aliphatic carbocycles. The van der Waals surface area contributed by atoms with Crippen LogP contribution in [0.15, 0.2) is 60.9 Å². The van der Waals surface area contributed by atoms with Gasteiger partial charge in [-0.2, -0.15) is 0 Å². The van der Waals surface area contributed by atoms with E-state index in [9.17, 15) is 9.59 Å². The molecule has 1 aromatic carbocycles. The van der Waals surface area contributed by atoms with E-state index in [1.54, 1.807) is 48.0 Å². The predicted molar refractivity (Wildman–Crippen MR) is 98.7 cm³/mol. The molecule has 0 bridgehead atoms. The summed E-state index contributed by atoms with van der Waals surface area (Å²) in [6.07, 6.45) is 3.54. The average molecular weight is 349 g/mol. The topological polar surface area (TPSA) is 73.2 Å². The highest BCUT2D eigenvalue weighted by molar-refractivity contribution is 6.03. The van der Waals surface area contributed by atoms with E-state index < -0.39 is 0 Å². The van der Waals surface area contributed by atoms with E-state index in [0.29, 0.717) is 23.6 Å². The Morgan fingerprint density at radius 2 is 1.88 bits per heavy atom. The molecule has 0 spiro atoms. The summed E-state index contributed by atoms with van der Waals surface area (Å²) >= 11 is 0. The zero-order valence-corrected chi connectivity index (χ0v) is 14.6. The van der Waals surface area contributed by atoms with E-state index in [2.05, 4.69) is 10.3 Å². The van der Waals surface area contributed by atoms with Crippen LogP contribution in [0.2, 0.25) is 0 Å². The van der Waals surface area contributed by atoms with Gasteiger partial charge in [-0.05, 0) is 62.4 Å². The molecule has 1 N–H and O–H groups in total. The van der Waals surface area contributed by atoms with Crippen molar-refractivity contribution in [2.45, 2.75) is 13.8 Å². The Morgan fingerprint density at radius 1 is 1.12 bits per heavy atom. The van der Waals surface area contributed by atoms with E-state index in [-0.39, 0.29) is 11.9 Å². The van der Waals surface area contributed by atoms with Crippen LogP contribution in [0.25, 0.3) is 5.69 Å². The molecule has 3 aromatic rings. The van der Waals surface area contributed by atoms with Gasteiger partial charge in [-0.1, -0.05) is 0 Å². The number of hydrogen-bond acceptors (Lipinski definition) is 4. The summed E-state index contributed by atoms with van der Waals surface area (Å²) in [5, 5.41) is 2.84. The van der Waals surface area contributed by atoms with Crippen molar-refractivity contribution in [3.05, 3.63) is 77.9 Å². The number of benzene rings is 1. The maximum Gasteiger partial charge on any atom is 0.338 e. The van der Waals surface area contributed by atoms with Crippen molar-refractivity contribution in [1.82, 2.24) is 9.55 Å². The lowest BCUT2D eigenvalue weighted by Gasteiger charge is -2.11. The van der Waals surface area contributed by atoms with Crippen LogP contribution in [0.1, 0.15) is 33.5 Å². The smallest absolute Gasteiger partial charge is 0.338 e. The van der Waals surface area contributed by atoms with Gasteiger partial charge in [0.15, 0.2) is 0 Å². The Balaban J connectivity index is 1.79. The van der Waals surface area contributed by atoms with Crippen LogP contribution in [0.4, 0.5) is 5.69 Å². The van der Waals surface area contributed by atoms with Crippen molar-refractivity contribution < 1.29 is 14.3 Å². The number of rotatable bonds is 5. The minimum Gasteiger partial charge on any atom is -0.462 e. The molecule has 3 rings (SSSR count). The quantitative estimate of drug-likeness (QED) is 0.714. The fourth-order valence-electron chi connectivity index (χ4n) is 2.61. The molecule has 0 aliphatic heterocycles. The standard InChI is InChI=1S/C20H19N3O3/c1-3-26-20(25)15-8-10-16(11-9-15)22-19(24)18-7-5-13-23(18)17-6-4-12-21-14(17)2/h4-13H,3H2,1-2H3,(H,22,24). The Morgan fingerprint density at radius 3 is 2.58 bits per heavy atom. The molecule has 132 valence electrons. The average Bonchev–Trinajstić information content (AvgIpc) is 3.12. The number of ether oxygens (including phenoxy) is 1. The first-order valence-corrected chi connectivity index (χ1v) is 8.28. The van der Waals surface area contributed by atoms with Crippen LogP contribution in [-0.2, 0) is 4.74 Å². The predicted octanol–water partition coefficient (Wildman–Crippen LogP) is 3.61. The highest BCUT2D eigenvalue weighted by Gasteiger charge is 2.14. The molecule has 0 radical (unpaired) electrons. The van der Waals surface area contributed by atoms with Gasteiger partial charge in [0.2, 0.25) is 0 Å². The van der Waals surface area contributed by atoms with Crippen LogP contribution in [0, 0.1) is 6.92 Å². The van der Waals surface area contributed by atoms with E-state index >= 15 is 0 Å². The number of aromatic nitrogens is 2. The van der Waals surface area contributed by atoms with Gasteiger partial charge in [0, 0.05) is 18.1 Å². The lowest BCUT2D eigenvalue weighted by atomic mass is 10.2. The summed E-state index contributed by atoms with van der Waals surface area (Å²) < 4.78 is 6.74. The third-order valence-corrected chi connectivity index (χ3v) is 3.87.